The van der Waals surface area contributed by atoms with E-state index in [1.807, 2.05) is 18.7 Å². The summed E-state index contributed by atoms with van der Waals surface area (Å²) < 4.78 is 11.9. The topological polar surface area (TPSA) is 82.4 Å². The zero-order valence-corrected chi connectivity index (χ0v) is 13.3. The number of phenols is 2. The number of hydrogen-bond donors (Lipinski definition) is 3. The highest BCUT2D eigenvalue weighted by Gasteiger charge is 2.53. The molecule has 23 heavy (non-hydrogen) atoms. The van der Waals surface area contributed by atoms with Crippen LogP contribution in [0.25, 0.3) is 0 Å². The van der Waals surface area contributed by atoms with Crippen molar-refractivity contribution in [3.05, 3.63) is 36.4 Å². The number of aliphatic hydroxyl groups excluding tert-OH is 1. The number of aromatic hydroxyl groups is 2. The standard InChI is InChI=1S/C17H23NO5/c1-4-7-18-9-13(21)15-16(23-17(2,3)22-15)14(18)11-6-5-10(19)8-12(11)20/h4-6,8,13-16,19-21H,1,7,9H2,2-3H3/t13-,14+,15-,16+/m1/s1. The molecule has 2 heterocycles. The van der Waals surface area contributed by atoms with Gasteiger partial charge in [-0.05, 0) is 26.0 Å². The summed E-state index contributed by atoms with van der Waals surface area (Å²) >= 11 is 0. The van der Waals surface area contributed by atoms with Crippen molar-refractivity contribution in [3.63, 3.8) is 0 Å². The van der Waals surface area contributed by atoms with Crippen LogP contribution < -0.4 is 0 Å². The number of hydrogen-bond acceptors (Lipinski definition) is 6. The van der Waals surface area contributed by atoms with Crippen LogP contribution >= 0.6 is 0 Å². The summed E-state index contributed by atoms with van der Waals surface area (Å²) in [4.78, 5) is 2.00. The van der Waals surface area contributed by atoms with Gasteiger partial charge in [-0.25, -0.2) is 0 Å². The van der Waals surface area contributed by atoms with Crippen LogP contribution in [-0.4, -0.2) is 57.4 Å². The zero-order chi connectivity index (χ0) is 16.8. The molecule has 1 aromatic rings. The number of β-amino-alcohol motifs (C(OH)–C–C–N with tert-alkyl or cyclic N) is 1. The van der Waals surface area contributed by atoms with Gasteiger partial charge in [0.15, 0.2) is 5.79 Å². The third-order valence-corrected chi connectivity index (χ3v) is 4.37. The predicted molar refractivity (Wildman–Crippen MR) is 84.1 cm³/mol. The third kappa shape index (κ3) is 2.95. The number of piperidine rings is 1. The summed E-state index contributed by atoms with van der Waals surface area (Å²) in [5.41, 5.74) is 0.632. The molecule has 0 unspecified atom stereocenters. The number of rotatable bonds is 3. The van der Waals surface area contributed by atoms with Crippen LogP contribution in [-0.2, 0) is 9.47 Å². The van der Waals surface area contributed by atoms with Crippen molar-refractivity contribution in [1.82, 2.24) is 4.90 Å². The van der Waals surface area contributed by atoms with Crippen molar-refractivity contribution in [2.24, 2.45) is 0 Å². The molecule has 0 bridgehead atoms. The van der Waals surface area contributed by atoms with E-state index in [0.717, 1.165) is 0 Å². The maximum atomic E-state index is 10.4. The second-order valence-corrected chi connectivity index (χ2v) is 6.56. The van der Waals surface area contributed by atoms with Gasteiger partial charge in [0.25, 0.3) is 0 Å². The molecule has 0 saturated carbocycles. The average molecular weight is 321 g/mol. The van der Waals surface area contributed by atoms with Crippen LogP contribution in [0.15, 0.2) is 30.9 Å². The van der Waals surface area contributed by atoms with E-state index in [1.165, 1.54) is 12.1 Å². The number of nitrogens with zero attached hydrogens (tertiary/aromatic N) is 1. The Morgan fingerprint density at radius 1 is 1.30 bits per heavy atom. The molecule has 6 nitrogen and oxygen atoms in total. The first-order chi connectivity index (χ1) is 10.8. The van der Waals surface area contributed by atoms with Gasteiger partial charge in [-0.3, -0.25) is 4.90 Å². The molecule has 0 aromatic heterocycles. The monoisotopic (exact) mass is 321 g/mol. The molecule has 126 valence electrons. The van der Waals surface area contributed by atoms with Gasteiger partial charge in [0, 0.05) is 24.7 Å². The lowest BCUT2D eigenvalue weighted by molar-refractivity contribution is -0.153. The molecule has 3 N–H and O–H groups in total. The Labute approximate surface area is 135 Å². The molecule has 3 rings (SSSR count). The summed E-state index contributed by atoms with van der Waals surface area (Å²) in [6.07, 6.45) is 0.170. The van der Waals surface area contributed by atoms with Crippen LogP contribution in [0.2, 0.25) is 0 Å². The fraction of sp³-hybridized carbons (Fsp3) is 0.529. The molecular formula is C17H23NO5. The fourth-order valence-corrected chi connectivity index (χ4v) is 3.53. The maximum absolute atomic E-state index is 10.4. The number of phenolic OH excluding ortho intramolecular Hbond substituents is 2. The van der Waals surface area contributed by atoms with Gasteiger partial charge in [0.1, 0.15) is 23.7 Å². The third-order valence-electron chi connectivity index (χ3n) is 4.37. The normalized spacial score (nSPS) is 33.3. The fourth-order valence-electron chi connectivity index (χ4n) is 3.53. The van der Waals surface area contributed by atoms with Gasteiger partial charge in [0.2, 0.25) is 0 Å². The minimum absolute atomic E-state index is 0.00200. The molecule has 1 aromatic carbocycles. The molecule has 0 spiro atoms. The molecule has 0 aliphatic carbocycles. The van der Waals surface area contributed by atoms with Crippen LogP contribution in [0, 0.1) is 0 Å². The lowest BCUT2D eigenvalue weighted by Crippen LogP contribution is -2.55. The van der Waals surface area contributed by atoms with Gasteiger partial charge >= 0.3 is 0 Å². The molecular weight excluding hydrogens is 298 g/mol. The zero-order valence-electron chi connectivity index (χ0n) is 13.3. The van der Waals surface area contributed by atoms with E-state index in [4.69, 9.17) is 9.47 Å². The van der Waals surface area contributed by atoms with Crippen molar-refractivity contribution in [3.8, 4) is 11.5 Å². The van der Waals surface area contributed by atoms with E-state index in [1.54, 1.807) is 12.1 Å². The summed E-state index contributed by atoms with van der Waals surface area (Å²) in [5, 5.41) is 30.2. The van der Waals surface area contributed by atoms with Gasteiger partial charge in [-0.15, -0.1) is 6.58 Å². The second-order valence-electron chi connectivity index (χ2n) is 6.56. The van der Waals surface area contributed by atoms with E-state index in [2.05, 4.69) is 6.58 Å². The first-order valence-corrected chi connectivity index (χ1v) is 7.73. The van der Waals surface area contributed by atoms with Crippen LogP contribution in [0.4, 0.5) is 0 Å². The first-order valence-electron chi connectivity index (χ1n) is 7.73. The summed E-state index contributed by atoms with van der Waals surface area (Å²) in [5.74, 6) is -0.809. The highest BCUT2D eigenvalue weighted by Crippen LogP contribution is 2.45. The highest BCUT2D eigenvalue weighted by atomic mass is 16.8. The van der Waals surface area contributed by atoms with E-state index in [9.17, 15) is 15.3 Å². The van der Waals surface area contributed by atoms with Gasteiger partial charge in [-0.2, -0.15) is 0 Å². The van der Waals surface area contributed by atoms with Gasteiger partial charge < -0.3 is 24.8 Å². The van der Waals surface area contributed by atoms with Crippen LogP contribution in [0.3, 0.4) is 0 Å². The quantitative estimate of drug-likeness (QED) is 0.732. The van der Waals surface area contributed by atoms with Crippen molar-refractivity contribution >= 4 is 0 Å². The van der Waals surface area contributed by atoms with Gasteiger partial charge in [-0.1, -0.05) is 6.08 Å². The first kappa shape index (κ1) is 16.3. The Hall–Kier alpha value is -1.60. The van der Waals surface area contributed by atoms with Crippen molar-refractivity contribution < 1.29 is 24.8 Å². The Morgan fingerprint density at radius 2 is 2.00 bits per heavy atom. The van der Waals surface area contributed by atoms with E-state index >= 15 is 0 Å². The molecule has 6 heteroatoms. The predicted octanol–water partition coefficient (Wildman–Crippen LogP) is 1.52. The van der Waals surface area contributed by atoms with E-state index in [-0.39, 0.29) is 17.5 Å². The van der Waals surface area contributed by atoms with Gasteiger partial charge in [0.05, 0.1) is 12.1 Å². The lowest BCUT2D eigenvalue weighted by Gasteiger charge is -2.43. The Morgan fingerprint density at radius 3 is 2.65 bits per heavy atom. The van der Waals surface area contributed by atoms with Crippen LogP contribution in [0.5, 0.6) is 11.5 Å². The molecule has 0 amide bonds. The summed E-state index contributed by atoms with van der Waals surface area (Å²) in [6.45, 7) is 8.30. The van der Waals surface area contributed by atoms with E-state index in [0.29, 0.717) is 18.7 Å². The number of fused-ring (bicyclic) bond motifs is 1. The summed E-state index contributed by atoms with van der Waals surface area (Å²) in [7, 11) is 0. The number of benzene rings is 1. The minimum Gasteiger partial charge on any atom is -0.508 e. The smallest absolute Gasteiger partial charge is 0.163 e. The maximum Gasteiger partial charge on any atom is 0.163 e. The highest BCUT2D eigenvalue weighted by molar-refractivity contribution is 5.42. The number of ether oxygens (including phenoxy) is 2. The van der Waals surface area contributed by atoms with Crippen molar-refractivity contribution in [2.75, 3.05) is 13.1 Å². The van der Waals surface area contributed by atoms with Crippen molar-refractivity contribution in [2.45, 2.75) is 44.0 Å². The lowest BCUT2D eigenvalue weighted by atomic mass is 9.88. The molecule has 4 atom stereocenters. The second kappa shape index (κ2) is 5.79. The SMILES string of the molecule is C=CCN1C[C@@H](O)[C@H]2OC(C)(C)O[C@H]2[C@@H]1c1ccc(O)cc1O. The van der Waals surface area contributed by atoms with Crippen molar-refractivity contribution in [1.29, 1.82) is 0 Å². The van der Waals surface area contributed by atoms with E-state index < -0.39 is 24.1 Å². The Balaban J connectivity index is 2.03. The molecule has 2 aliphatic heterocycles. The largest absolute Gasteiger partial charge is 0.508 e. The minimum atomic E-state index is -0.800. The molecule has 2 fully saturated rings. The summed E-state index contributed by atoms with van der Waals surface area (Å²) in [6, 6.07) is 4.21. The Kier molecular flexibility index (Phi) is 4.10. The molecule has 2 aliphatic rings. The average Bonchev–Trinajstić information content (AvgIpc) is 2.77. The molecule has 0 radical (unpaired) electrons. The number of likely N-dealkylation sites (tertiary alicyclic amines) is 1. The Bertz CT molecular complexity index is 603. The van der Waals surface area contributed by atoms with Crippen LogP contribution in [0.1, 0.15) is 25.5 Å². The molecule has 2 saturated heterocycles. The number of aliphatic hydroxyl groups is 1.